The van der Waals surface area contributed by atoms with E-state index in [4.69, 9.17) is 14.2 Å². The van der Waals surface area contributed by atoms with Crippen molar-refractivity contribution in [3.8, 4) is 22.6 Å². The lowest BCUT2D eigenvalue weighted by molar-refractivity contribution is -0.125. The van der Waals surface area contributed by atoms with Crippen LogP contribution in [0.2, 0.25) is 25.7 Å². The van der Waals surface area contributed by atoms with Crippen molar-refractivity contribution in [2.24, 2.45) is 0 Å². The van der Waals surface area contributed by atoms with Crippen LogP contribution in [0.5, 0.6) is 11.5 Å². The number of benzene rings is 2. The minimum atomic E-state index is -1.69. The quantitative estimate of drug-likeness (QED) is 0.103. The first-order chi connectivity index (χ1) is 20.8. The molecular weight excluding hydrogens is 603 g/mol. The molecule has 8 nitrogen and oxygen atoms in total. The number of pyridine rings is 1. The Morgan fingerprint density at radius 2 is 1.80 bits per heavy atom. The van der Waals surface area contributed by atoms with Crippen LogP contribution in [0.25, 0.3) is 22.2 Å². The topological polar surface area (TPSA) is 86.6 Å². The van der Waals surface area contributed by atoms with Crippen molar-refractivity contribution in [3.63, 3.8) is 0 Å². The number of carbonyl (C=O) groups excluding carboxylic acids is 1. The standard InChI is InChI=1S/C30H31F5N4O4Si/c1-44(2,3)10-9-41-17-39-13-20(19-5-4-6-21(31)26(19)34)25-24(7-8-36-28(25)39)43-27-22(32)11-18(12-23(27)33)38-29(40)37-14-30(35)15-42-16-30/h4-8,11-13H,9-10,14-17H2,1-3H3,(H2,37,38,40). The highest BCUT2D eigenvalue weighted by Gasteiger charge is 2.39. The monoisotopic (exact) mass is 634 g/mol. The van der Waals surface area contributed by atoms with Crippen molar-refractivity contribution >= 4 is 30.8 Å². The van der Waals surface area contributed by atoms with Crippen LogP contribution in [0, 0.1) is 23.3 Å². The Kier molecular flexibility index (Phi) is 8.95. The molecule has 0 atom stereocenters. The van der Waals surface area contributed by atoms with E-state index >= 15 is 8.78 Å². The molecular formula is C30H31F5N4O4Si. The predicted octanol–water partition coefficient (Wildman–Crippen LogP) is 7.22. The zero-order chi connectivity index (χ0) is 31.6. The van der Waals surface area contributed by atoms with Gasteiger partial charge in [-0.15, -0.1) is 0 Å². The molecule has 234 valence electrons. The van der Waals surface area contributed by atoms with E-state index in [9.17, 15) is 18.0 Å². The van der Waals surface area contributed by atoms with Crippen LogP contribution >= 0.6 is 0 Å². The van der Waals surface area contributed by atoms with E-state index in [-0.39, 0.29) is 60.1 Å². The van der Waals surface area contributed by atoms with Gasteiger partial charge >= 0.3 is 6.03 Å². The second-order valence-electron chi connectivity index (χ2n) is 11.8. The average molecular weight is 635 g/mol. The number of nitrogens with zero attached hydrogens (tertiary/aromatic N) is 2. The molecule has 2 aromatic heterocycles. The van der Waals surface area contributed by atoms with Crippen LogP contribution in [-0.4, -0.2) is 55.7 Å². The van der Waals surface area contributed by atoms with Crippen molar-refractivity contribution in [3.05, 3.63) is 72.1 Å². The van der Waals surface area contributed by atoms with E-state index in [1.165, 1.54) is 30.6 Å². The highest BCUT2D eigenvalue weighted by molar-refractivity contribution is 6.76. The Hall–Kier alpha value is -4.01. The number of alkyl halides is 1. The van der Waals surface area contributed by atoms with Crippen molar-refractivity contribution in [1.82, 2.24) is 14.9 Å². The van der Waals surface area contributed by atoms with Gasteiger partial charge in [0.2, 0.25) is 0 Å². The Morgan fingerprint density at radius 1 is 1.07 bits per heavy atom. The molecule has 1 aliphatic heterocycles. The van der Waals surface area contributed by atoms with Gasteiger partial charge in [0, 0.05) is 56.0 Å². The minimum absolute atomic E-state index is 0.0378. The van der Waals surface area contributed by atoms with Crippen molar-refractivity contribution in [2.75, 3.05) is 31.7 Å². The molecule has 0 radical (unpaired) electrons. The molecule has 1 fully saturated rings. The van der Waals surface area contributed by atoms with Crippen LogP contribution in [0.4, 0.5) is 32.4 Å². The highest BCUT2D eigenvalue weighted by Crippen LogP contribution is 2.40. The number of hydrogen-bond donors (Lipinski definition) is 2. The molecule has 14 heteroatoms. The zero-order valence-corrected chi connectivity index (χ0v) is 25.3. The summed E-state index contributed by atoms with van der Waals surface area (Å²) < 4.78 is 91.5. The SMILES string of the molecule is C[Si](C)(C)CCOCn1cc(-c2cccc(F)c2F)c2c(Oc3c(F)cc(NC(=O)NCC4(F)COC4)cc3F)ccnc21. The van der Waals surface area contributed by atoms with Crippen molar-refractivity contribution in [2.45, 2.75) is 38.1 Å². The molecule has 2 aromatic carbocycles. The molecule has 2 N–H and O–H groups in total. The van der Waals surface area contributed by atoms with Crippen LogP contribution in [0.3, 0.4) is 0 Å². The Balaban J connectivity index is 1.44. The second-order valence-corrected chi connectivity index (χ2v) is 17.4. The lowest BCUT2D eigenvalue weighted by Gasteiger charge is -2.33. The number of ether oxygens (including phenoxy) is 3. The van der Waals surface area contributed by atoms with Crippen LogP contribution in [0.1, 0.15) is 0 Å². The fourth-order valence-electron chi connectivity index (χ4n) is 4.51. The summed E-state index contributed by atoms with van der Waals surface area (Å²) in [7, 11) is -1.38. The summed E-state index contributed by atoms with van der Waals surface area (Å²) in [6.45, 7) is 6.49. The van der Waals surface area contributed by atoms with Gasteiger partial charge in [-0.25, -0.2) is 31.7 Å². The van der Waals surface area contributed by atoms with Gasteiger partial charge in [0.15, 0.2) is 34.7 Å². The van der Waals surface area contributed by atoms with Crippen LogP contribution < -0.4 is 15.4 Å². The largest absolute Gasteiger partial charge is 0.450 e. The van der Waals surface area contributed by atoms with Gasteiger partial charge in [-0.2, -0.15) is 0 Å². The van der Waals surface area contributed by atoms with E-state index in [1.807, 2.05) is 0 Å². The molecule has 0 unspecified atom stereocenters. The number of anilines is 1. The zero-order valence-electron chi connectivity index (χ0n) is 24.3. The second kappa shape index (κ2) is 12.5. The van der Waals surface area contributed by atoms with Gasteiger partial charge < -0.3 is 29.4 Å². The summed E-state index contributed by atoms with van der Waals surface area (Å²) in [5.41, 5.74) is -1.61. The smallest absolute Gasteiger partial charge is 0.319 e. The molecule has 44 heavy (non-hydrogen) atoms. The third kappa shape index (κ3) is 7.03. The highest BCUT2D eigenvalue weighted by atomic mass is 28.3. The average Bonchev–Trinajstić information content (AvgIpc) is 3.31. The maximum absolute atomic E-state index is 15.2. The number of fused-ring (bicyclic) bond motifs is 1. The fraction of sp³-hybridized carbons (Fsp3) is 0.333. The summed E-state index contributed by atoms with van der Waals surface area (Å²) in [6.07, 6.45) is 2.87. The van der Waals surface area contributed by atoms with E-state index < -0.39 is 48.8 Å². The van der Waals surface area contributed by atoms with E-state index in [2.05, 4.69) is 35.3 Å². The van der Waals surface area contributed by atoms with Gasteiger partial charge in [0.05, 0.1) is 25.1 Å². The molecule has 1 aliphatic rings. The molecule has 0 bridgehead atoms. The first-order valence-electron chi connectivity index (χ1n) is 13.8. The van der Waals surface area contributed by atoms with Crippen LogP contribution in [-0.2, 0) is 16.2 Å². The molecule has 3 heterocycles. The number of hydrogen-bond acceptors (Lipinski definition) is 5. The lowest BCUT2D eigenvalue weighted by Crippen LogP contribution is -2.54. The third-order valence-electron chi connectivity index (χ3n) is 6.94. The summed E-state index contributed by atoms with van der Waals surface area (Å²) >= 11 is 0. The molecule has 5 rings (SSSR count). The minimum Gasteiger partial charge on any atom is -0.450 e. The number of carbonyl (C=O) groups is 1. The van der Waals surface area contributed by atoms with Crippen LogP contribution in [0.15, 0.2) is 48.8 Å². The van der Waals surface area contributed by atoms with Crippen molar-refractivity contribution in [1.29, 1.82) is 0 Å². The summed E-state index contributed by atoms with van der Waals surface area (Å²) in [5, 5.41) is 4.71. The van der Waals surface area contributed by atoms with Crippen molar-refractivity contribution < 1.29 is 41.0 Å². The van der Waals surface area contributed by atoms with Gasteiger partial charge in [0.1, 0.15) is 18.1 Å². The first kappa shape index (κ1) is 31.4. The number of halogens is 5. The first-order valence-corrected chi connectivity index (χ1v) is 17.5. The summed E-state index contributed by atoms with van der Waals surface area (Å²) in [4.78, 5) is 16.5. The molecule has 1 saturated heterocycles. The molecule has 0 aliphatic carbocycles. The summed E-state index contributed by atoms with van der Waals surface area (Å²) in [5.74, 6) is -5.40. The maximum Gasteiger partial charge on any atom is 0.319 e. The van der Waals surface area contributed by atoms with E-state index in [0.29, 0.717) is 6.61 Å². The Labute approximate surface area is 251 Å². The lowest BCUT2D eigenvalue weighted by atomic mass is 10.0. The van der Waals surface area contributed by atoms with E-state index in [0.717, 1.165) is 24.2 Å². The normalized spacial score (nSPS) is 14.4. The van der Waals surface area contributed by atoms with Gasteiger partial charge in [-0.1, -0.05) is 31.8 Å². The summed E-state index contributed by atoms with van der Waals surface area (Å²) in [6, 6.07) is 6.73. The third-order valence-corrected chi connectivity index (χ3v) is 8.65. The predicted molar refractivity (Wildman–Crippen MR) is 157 cm³/mol. The number of nitrogens with one attached hydrogen (secondary N) is 2. The molecule has 0 saturated carbocycles. The molecule has 4 aromatic rings. The number of urea groups is 1. The Morgan fingerprint density at radius 3 is 2.45 bits per heavy atom. The number of aromatic nitrogens is 2. The fourth-order valence-corrected chi connectivity index (χ4v) is 5.26. The number of rotatable bonds is 11. The molecule has 0 spiro atoms. The van der Waals surface area contributed by atoms with Gasteiger partial charge in [-0.05, 0) is 18.2 Å². The maximum atomic E-state index is 15.2. The van der Waals surface area contributed by atoms with E-state index in [1.54, 1.807) is 4.57 Å². The Bertz CT molecular complexity index is 1670. The molecule has 2 amide bonds. The number of amides is 2. The van der Waals surface area contributed by atoms with Gasteiger partial charge in [0.25, 0.3) is 0 Å². The van der Waals surface area contributed by atoms with Gasteiger partial charge in [-0.3, -0.25) is 0 Å².